The Morgan fingerprint density at radius 2 is 1.67 bits per heavy atom. The van der Waals surface area contributed by atoms with E-state index in [4.69, 9.17) is 11.6 Å². The molecule has 1 aliphatic carbocycles. The number of fused-ring (bicyclic) bond motifs is 1. The summed E-state index contributed by atoms with van der Waals surface area (Å²) in [7, 11) is 0. The van der Waals surface area contributed by atoms with Gasteiger partial charge in [0, 0.05) is 22.3 Å². The average Bonchev–Trinajstić information content (AvgIpc) is 3.09. The molecular weight excluding hydrogens is 360 g/mol. The number of hydrogen-bond donors (Lipinski definition) is 1. The molecule has 2 fully saturated rings. The van der Waals surface area contributed by atoms with Gasteiger partial charge in [-0.05, 0) is 61.6 Å². The Morgan fingerprint density at radius 3 is 2.41 bits per heavy atom. The monoisotopic (exact) mass is 382 g/mol. The molecule has 4 nitrogen and oxygen atoms in total. The van der Waals surface area contributed by atoms with Gasteiger partial charge in [0.05, 0.1) is 0 Å². The van der Waals surface area contributed by atoms with E-state index in [0.717, 1.165) is 25.7 Å². The molecule has 0 aromatic heterocycles. The molecule has 0 bridgehead atoms. The summed E-state index contributed by atoms with van der Waals surface area (Å²) >= 11 is 5.93. The summed E-state index contributed by atoms with van der Waals surface area (Å²) in [4.78, 5) is 28.1. The maximum absolute atomic E-state index is 13.2. The number of carbonyl (C=O) groups excluding carboxylic acids is 2. The Kier molecular flexibility index (Phi) is 5.17. The number of hydrogen-bond acceptors (Lipinski definition) is 2. The summed E-state index contributed by atoms with van der Waals surface area (Å²) in [6.07, 6.45) is 5.11. The van der Waals surface area contributed by atoms with Crippen LogP contribution in [0.25, 0.3) is 0 Å². The first-order chi connectivity index (χ1) is 13.1. The lowest BCUT2D eigenvalue weighted by Crippen LogP contribution is -2.47. The minimum atomic E-state index is -0.429. The molecule has 0 radical (unpaired) electrons. The van der Waals surface area contributed by atoms with Gasteiger partial charge in [-0.1, -0.05) is 42.6 Å². The molecule has 27 heavy (non-hydrogen) atoms. The summed E-state index contributed by atoms with van der Waals surface area (Å²) in [5.74, 6) is 0.254. The molecule has 1 saturated carbocycles. The molecule has 1 N–H and O–H groups in total. The number of halogens is 1. The van der Waals surface area contributed by atoms with E-state index in [1.54, 1.807) is 24.3 Å². The molecule has 5 heteroatoms. The van der Waals surface area contributed by atoms with Gasteiger partial charge in [0.15, 0.2) is 0 Å². The first-order valence-electron chi connectivity index (χ1n) is 9.57. The zero-order chi connectivity index (χ0) is 18.8. The minimum absolute atomic E-state index is 0.0405. The SMILES string of the molecule is O=C(Nc1ccc(Cl)cc1)C1CC2CCCCC2N1C(=O)c1ccccc1. The van der Waals surface area contributed by atoms with Crippen molar-refractivity contribution in [1.82, 2.24) is 4.90 Å². The number of amides is 2. The zero-order valence-electron chi connectivity index (χ0n) is 15.1. The van der Waals surface area contributed by atoms with E-state index >= 15 is 0 Å². The molecule has 4 rings (SSSR count). The second-order valence-corrected chi connectivity index (χ2v) is 7.87. The van der Waals surface area contributed by atoms with Gasteiger partial charge in [-0.25, -0.2) is 0 Å². The fourth-order valence-corrected chi connectivity index (χ4v) is 4.60. The number of rotatable bonds is 3. The number of likely N-dealkylation sites (tertiary alicyclic amines) is 1. The third-order valence-electron chi connectivity index (χ3n) is 5.76. The standard InChI is InChI=1S/C22H23ClN2O2/c23-17-10-12-18(13-11-17)24-21(26)20-14-16-8-4-5-9-19(16)25(20)22(27)15-6-2-1-3-7-15/h1-3,6-7,10-13,16,19-20H,4-5,8-9,14H2,(H,24,26). The second-order valence-electron chi connectivity index (χ2n) is 7.44. The first-order valence-corrected chi connectivity index (χ1v) is 9.95. The highest BCUT2D eigenvalue weighted by atomic mass is 35.5. The number of anilines is 1. The summed E-state index contributed by atoms with van der Waals surface area (Å²) in [5, 5.41) is 3.59. The van der Waals surface area contributed by atoms with Gasteiger partial charge >= 0.3 is 0 Å². The van der Waals surface area contributed by atoms with E-state index in [1.165, 1.54) is 6.42 Å². The van der Waals surface area contributed by atoms with Gasteiger partial charge in [-0.2, -0.15) is 0 Å². The van der Waals surface area contributed by atoms with E-state index in [9.17, 15) is 9.59 Å². The maximum Gasteiger partial charge on any atom is 0.254 e. The summed E-state index contributed by atoms with van der Waals surface area (Å²) in [5.41, 5.74) is 1.35. The van der Waals surface area contributed by atoms with Crippen LogP contribution in [0.2, 0.25) is 5.02 Å². The van der Waals surface area contributed by atoms with Gasteiger partial charge in [0.2, 0.25) is 5.91 Å². The van der Waals surface area contributed by atoms with Crippen LogP contribution in [0, 0.1) is 5.92 Å². The van der Waals surface area contributed by atoms with Gasteiger partial charge in [-0.15, -0.1) is 0 Å². The van der Waals surface area contributed by atoms with Crippen molar-refractivity contribution >= 4 is 29.1 Å². The predicted octanol–water partition coefficient (Wildman–Crippen LogP) is 4.75. The zero-order valence-corrected chi connectivity index (χ0v) is 15.9. The molecule has 2 aromatic rings. The smallest absolute Gasteiger partial charge is 0.254 e. The maximum atomic E-state index is 13.2. The third kappa shape index (κ3) is 3.72. The lowest BCUT2D eigenvalue weighted by molar-refractivity contribution is -0.120. The van der Waals surface area contributed by atoms with E-state index in [0.29, 0.717) is 22.2 Å². The molecular formula is C22H23ClN2O2. The van der Waals surface area contributed by atoms with Crippen LogP contribution in [-0.2, 0) is 4.79 Å². The summed E-state index contributed by atoms with van der Waals surface area (Å²) in [6.45, 7) is 0. The van der Waals surface area contributed by atoms with E-state index < -0.39 is 6.04 Å². The molecule has 2 aliphatic rings. The van der Waals surface area contributed by atoms with Crippen molar-refractivity contribution in [2.24, 2.45) is 5.92 Å². The molecule has 1 aliphatic heterocycles. The molecule has 2 aromatic carbocycles. The molecule has 140 valence electrons. The van der Waals surface area contributed by atoms with Crippen molar-refractivity contribution in [2.45, 2.75) is 44.2 Å². The quantitative estimate of drug-likeness (QED) is 0.832. The lowest BCUT2D eigenvalue weighted by atomic mass is 9.84. The van der Waals surface area contributed by atoms with Crippen LogP contribution in [0.4, 0.5) is 5.69 Å². The van der Waals surface area contributed by atoms with E-state index in [-0.39, 0.29) is 17.9 Å². The Balaban J connectivity index is 1.59. The molecule has 3 atom stereocenters. The summed E-state index contributed by atoms with van der Waals surface area (Å²) in [6, 6.07) is 16.1. The van der Waals surface area contributed by atoms with Gasteiger partial charge in [0.25, 0.3) is 5.91 Å². The predicted molar refractivity (Wildman–Crippen MR) is 107 cm³/mol. The van der Waals surface area contributed by atoms with Gasteiger partial charge in [0.1, 0.15) is 6.04 Å². The molecule has 3 unspecified atom stereocenters. The van der Waals surface area contributed by atoms with Crippen molar-refractivity contribution < 1.29 is 9.59 Å². The highest BCUT2D eigenvalue weighted by Gasteiger charge is 2.47. The molecule has 0 spiro atoms. The van der Waals surface area contributed by atoms with Crippen molar-refractivity contribution in [1.29, 1.82) is 0 Å². The molecule has 2 amide bonds. The third-order valence-corrected chi connectivity index (χ3v) is 6.01. The van der Waals surface area contributed by atoms with Crippen LogP contribution in [-0.4, -0.2) is 28.8 Å². The Hall–Kier alpha value is -2.33. The lowest BCUT2D eigenvalue weighted by Gasteiger charge is -2.33. The van der Waals surface area contributed by atoms with Crippen LogP contribution in [0.3, 0.4) is 0 Å². The molecule has 1 saturated heterocycles. The number of nitrogens with zero attached hydrogens (tertiary/aromatic N) is 1. The highest BCUT2D eigenvalue weighted by molar-refractivity contribution is 6.30. The fourth-order valence-electron chi connectivity index (χ4n) is 4.47. The van der Waals surface area contributed by atoms with Crippen LogP contribution < -0.4 is 5.32 Å². The first kappa shape index (κ1) is 18.1. The van der Waals surface area contributed by atoms with Gasteiger partial charge < -0.3 is 10.2 Å². The number of nitrogens with one attached hydrogen (secondary N) is 1. The van der Waals surface area contributed by atoms with E-state index in [2.05, 4.69) is 5.32 Å². The van der Waals surface area contributed by atoms with Crippen molar-refractivity contribution in [3.8, 4) is 0 Å². The fraction of sp³-hybridized carbons (Fsp3) is 0.364. The number of benzene rings is 2. The van der Waals surface area contributed by atoms with Crippen LogP contribution >= 0.6 is 11.6 Å². The van der Waals surface area contributed by atoms with Crippen LogP contribution in [0.1, 0.15) is 42.5 Å². The van der Waals surface area contributed by atoms with Crippen LogP contribution in [0.15, 0.2) is 54.6 Å². The Morgan fingerprint density at radius 1 is 0.963 bits per heavy atom. The number of carbonyl (C=O) groups is 2. The Labute approximate surface area is 164 Å². The Bertz CT molecular complexity index is 822. The minimum Gasteiger partial charge on any atom is -0.324 e. The highest BCUT2D eigenvalue weighted by Crippen LogP contribution is 2.40. The largest absolute Gasteiger partial charge is 0.324 e. The van der Waals surface area contributed by atoms with Gasteiger partial charge in [-0.3, -0.25) is 9.59 Å². The topological polar surface area (TPSA) is 49.4 Å². The second kappa shape index (κ2) is 7.73. The summed E-state index contributed by atoms with van der Waals surface area (Å²) < 4.78 is 0. The van der Waals surface area contributed by atoms with Crippen LogP contribution in [0.5, 0.6) is 0 Å². The normalized spacial score (nSPS) is 24.3. The molecule has 1 heterocycles. The average molecular weight is 383 g/mol. The van der Waals surface area contributed by atoms with Crippen molar-refractivity contribution in [3.05, 3.63) is 65.2 Å². The van der Waals surface area contributed by atoms with Crippen molar-refractivity contribution in [3.63, 3.8) is 0 Å². The van der Waals surface area contributed by atoms with Crippen molar-refractivity contribution in [2.75, 3.05) is 5.32 Å². The van der Waals surface area contributed by atoms with E-state index in [1.807, 2.05) is 35.2 Å².